The molecule has 0 spiro atoms. The van der Waals surface area contributed by atoms with Crippen molar-refractivity contribution in [2.75, 3.05) is 10.2 Å². The van der Waals surface area contributed by atoms with Crippen molar-refractivity contribution in [1.82, 2.24) is 0 Å². The third-order valence-electron chi connectivity index (χ3n) is 5.88. The van der Waals surface area contributed by atoms with E-state index in [0.717, 1.165) is 36.1 Å². The van der Waals surface area contributed by atoms with E-state index < -0.39 is 17.6 Å². The molecule has 0 saturated heterocycles. The Morgan fingerprint density at radius 2 is 1.58 bits per heavy atom. The average molecular weight is 443 g/mol. The second-order valence-electron chi connectivity index (χ2n) is 8.42. The molecule has 1 aliphatic heterocycles. The fourth-order valence-corrected chi connectivity index (χ4v) is 3.96. The lowest BCUT2D eigenvalue weighted by Gasteiger charge is -2.16. The number of hydrogen-bond acceptors (Lipinski definition) is 3. The lowest BCUT2D eigenvalue weighted by Crippen LogP contribution is -2.32. The number of benzene rings is 3. The second kappa shape index (κ2) is 9.41. The Labute approximate surface area is 193 Å². The van der Waals surface area contributed by atoms with Crippen LogP contribution in [0.25, 0.3) is 5.57 Å². The Kier molecular flexibility index (Phi) is 6.40. The molecule has 3 aromatic carbocycles. The molecule has 0 bridgehead atoms. The monoisotopic (exact) mass is 442 g/mol. The largest absolute Gasteiger partial charge is 0.350 e. The number of nitrogens with one attached hydrogen (secondary N) is 1. The van der Waals surface area contributed by atoms with Crippen molar-refractivity contribution < 1.29 is 14.0 Å². The van der Waals surface area contributed by atoms with Gasteiger partial charge < -0.3 is 5.32 Å². The van der Waals surface area contributed by atoms with Crippen molar-refractivity contribution >= 4 is 28.8 Å². The van der Waals surface area contributed by atoms with Crippen molar-refractivity contribution in [2.24, 2.45) is 0 Å². The smallest absolute Gasteiger partial charge is 0.282 e. The molecule has 2 amide bonds. The third-order valence-corrected chi connectivity index (χ3v) is 5.88. The fourth-order valence-electron chi connectivity index (χ4n) is 3.96. The van der Waals surface area contributed by atoms with E-state index in [1.807, 2.05) is 56.3 Å². The van der Waals surface area contributed by atoms with Crippen molar-refractivity contribution in [2.45, 2.75) is 40.0 Å². The summed E-state index contributed by atoms with van der Waals surface area (Å²) in [5.74, 6) is -1.26. The SMILES string of the molecule is CCCCc1ccc(N2C(=O)C(Nc3cc(C)ccc3C)=C(c3ccc(F)cc3)C2=O)cc1. The first-order chi connectivity index (χ1) is 15.9. The quantitative estimate of drug-likeness (QED) is 0.445. The van der Waals surface area contributed by atoms with Gasteiger partial charge in [0, 0.05) is 5.69 Å². The highest BCUT2D eigenvalue weighted by Crippen LogP contribution is 2.34. The summed E-state index contributed by atoms with van der Waals surface area (Å²) in [4.78, 5) is 28.3. The van der Waals surface area contributed by atoms with Crippen LogP contribution in [-0.2, 0) is 16.0 Å². The van der Waals surface area contributed by atoms with Gasteiger partial charge in [0.15, 0.2) is 0 Å². The maximum atomic E-state index is 13.6. The van der Waals surface area contributed by atoms with E-state index in [0.29, 0.717) is 11.3 Å². The van der Waals surface area contributed by atoms with Gasteiger partial charge in [-0.25, -0.2) is 9.29 Å². The minimum Gasteiger partial charge on any atom is -0.350 e. The van der Waals surface area contributed by atoms with Gasteiger partial charge in [-0.05, 0) is 79.3 Å². The van der Waals surface area contributed by atoms with Crippen molar-refractivity contribution in [3.05, 3.63) is 100 Å². The van der Waals surface area contributed by atoms with Crippen molar-refractivity contribution in [1.29, 1.82) is 0 Å². The first kappa shape index (κ1) is 22.5. The molecule has 1 heterocycles. The Bertz CT molecular complexity index is 1230. The van der Waals surface area contributed by atoms with Gasteiger partial charge in [-0.15, -0.1) is 0 Å². The molecule has 33 heavy (non-hydrogen) atoms. The second-order valence-corrected chi connectivity index (χ2v) is 8.42. The van der Waals surface area contributed by atoms with Gasteiger partial charge in [0.1, 0.15) is 11.5 Å². The number of amides is 2. The number of anilines is 2. The predicted molar refractivity (Wildman–Crippen MR) is 130 cm³/mol. The van der Waals surface area contributed by atoms with Crippen LogP contribution in [0, 0.1) is 19.7 Å². The molecule has 3 aromatic rings. The van der Waals surface area contributed by atoms with Crippen LogP contribution in [0.1, 0.15) is 42.0 Å². The van der Waals surface area contributed by atoms with Gasteiger partial charge in [0.2, 0.25) is 0 Å². The molecule has 0 aromatic heterocycles. The molecule has 0 radical (unpaired) electrons. The Balaban J connectivity index is 1.75. The minimum absolute atomic E-state index is 0.190. The Hall–Kier alpha value is -3.73. The van der Waals surface area contributed by atoms with Crippen LogP contribution in [0.5, 0.6) is 0 Å². The van der Waals surface area contributed by atoms with E-state index in [2.05, 4.69) is 12.2 Å². The minimum atomic E-state index is -0.430. The van der Waals surface area contributed by atoms with Crippen LogP contribution in [0.4, 0.5) is 15.8 Å². The zero-order valence-electron chi connectivity index (χ0n) is 19.1. The van der Waals surface area contributed by atoms with E-state index in [4.69, 9.17) is 0 Å². The van der Waals surface area contributed by atoms with E-state index in [-0.39, 0.29) is 11.3 Å². The highest BCUT2D eigenvalue weighted by molar-refractivity contribution is 6.46. The van der Waals surface area contributed by atoms with Gasteiger partial charge in [-0.3, -0.25) is 9.59 Å². The molecule has 0 fully saturated rings. The van der Waals surface area contributed by atoms with Crippen LogP contribution in [0.3, 0.4) is 0 Å². The Morgan fingerprint density at radius 3 is 2.24 bits per heavy atom. The molecule has 0 aliphatic carbocycles. The lowest BCUT2D eigenvalue weighted by molar-refractivity contribution is -0.120. The standard InChI is InChI=1S/C28H27FN2O2/c1-4-5-6-20-9-15-23(16-10-20)31-27(32)25(21-11-13-22(29)14-12-21)26(28(31)33)30-24-17-18(2)7-8-19(24)3/h7-17,30H,4-6H2,1-3H3. The van der Waals surface area contributed by atoms with Crippen molar-refractivity contribution in [3.63, 3.8) is 0 Å². The summed E-state index contributed by atoms with van der Waals surface area (Å²) in [6.45, 7) is 6.05. The molecule has 4 nitrogen and oxygen atoms in total. The van der Waals surface area contributed by atoms with Gasteiger partial charge in [-0.1, -0.05) is 49.7 Å². The summed E-state index contributed by atoms with van der Waals surface area (Å²) in [5, 5.41) is 3.21. The van der Waals surface area contributed by atoms with Gasteiger partial charge in [0.25, 0.3) is 11.8 Å². The molecule has 0 saturated carbocycles. The maximum absolute atomic E-state index is 13.6. The van der Waals surface area contributed by atoms with E-state index in [1.54, 1.807) is 0 Å². The number of hydrogen-bond donors (Lipinski definition) is 1. The molecular weight excluding hydrogens is 415 g/mol. The zero-order valence-corrected chi connectivity index (χ0v) is 19.1. The molecule has 1 aliphatic rings. The highest BCUT2D eigenvalue weighted by Gasteiger charge is 2.40. The highest BCUT2D eigenvalue weighted by atomic mass is 19.1. The molecule has 0 atom stereocenters. The van der Waals surface area contributed by atoms with Crippen LogP contribution < -0.4 is 10.2 Å². The number of imide groups is 1. The Morgan fingerprint density at radius 1 is 0.879 bits per heavy atom. The lowest BCUT2D eigenvalue weighted by atomic mass is 10.0. The third kappa shape index (κ3) is 4.58. The summed E-state index contributed by atoms with van der Waals surface area (Å²) in [7, 11) is 0. The topological polar surface area (TPSA) is 49.4 Å². The number of carbonyl (C=O) groups is 2. The molecule has 5 heteroatoms. The van der Waals surface area contributed by atoms with Gasteiger partial charge in [-0.2, -0.15) is 0 Å². The maximum Gasteiger partial charge on any atom is 0.282 e. The number of aryl methyl sites for hydroxylation is 3. The van der Waals surface area contributed by atoms with Crippen LogP contribution >= 0.6 is 0 Å². The van der Waals surface area contributed by atoms with Gasteiger partial charge >= 0.3 is 0 Å². The van der Waals surface area contributed by atoms with E-state index in [9.17, 15) is 14.0 Å². The number of rotatable bonds is 7. The van der Waals surface area contributed by atoms with Crippen LogP contribution in [0.15, 0.2) is 72.4 Å². The van der Waals surface area contributed by atoms with Crippen LogP contribution in [0.2, 0.25) is 0 Å². The summed E-state index contributed by atoms with van der Waals surface area (Å²) >= 11 is 0. The number of nitrogens with zero attached hydrogens (tertiary/aromatic N) is 1. The van der Waals surface area contributed by atoms with Gasteiger partial charge in [0.05, 0.1) is 11.3 Å². The number of carbonyl (C=O) groups excluding carboxylic acids is 2. The first-order valence-corrected chi connectivity index (χ1v) is 11.2. The van der Waals surface area contributed by atoms with E-state index in [1.165, 1.54) is 34.7 Å². The summed E-state index contributed by atoms with van der Waals surface area (Å²) in [6, 6.07) is 19.1. The molecule has 0 unspecified atom stereocenters. The number of unbranched alkanes of at least 4 members (excludes halogenated alkanes) is 1. The molecule has 168 valence electrons. The summed E-state index contributed by atoms with van der Waals surface area (Å²) < 4.78 is 13.6. The zero-order chi connectivity index (χ0) is 23.5. The average Bonchev–Trinajstić information content (AvgIpc) is 3.05. The van der Waals surface area contributed by atoms with Crippen LogP contribution in [-0.4, -0.2) is 11.8 Å². The first-order valence-electron chi connectivity index (χ1n) is 11.2. The number of halogens is 1. The van der Waals surface area contributed by atoms with Crippen molar-refractivity contribution in [3.8, 4) is 0 Å². The predicted octanol–water partition coefficient (Wildman–Crippen LogP) is 6.18. The molecule has 1 N–H and O–H groups in total. The molecule has 4 rings (SSSR count). The summed E-state index contributed by atoms with van der Waals surface area (Å²) in [5.41, 5.74) is 5.33. The normalized spacial score (nSPS) is 13.8. The summed E-state index contributed by atoms with van der Waals surface area (Å²) in [6.07, 6.45) is 3.14. The fraction of sp³-hybridized carbons (Fsp3) is 0.214. The molecular formula is C28H27FN2O2. The van der Waals surface area contributed by atoms with E-state index >= 15 is 0 Å².